The number of ether oxygens (including phenoxy) is 3. The molecule has 0 radical (unpaired) electrons. The smallest absolute Gasteiger partial charge is 0.309 e. The Morgan fingerprint density at radius 2 is 2.35 bits per heavy atom. The van der Waals surface area contributed by atoms with Crippen LogP contribution in [-0.4, -0.2) is 57.1 Å². The van der Waals surface area contributed by atoms with Gasteiger partial charge in [0.15, 0.2) is 0 Å². The number of methoxy groups -OCH3 is 1. The van der Waals surface area contributed by atoms with Crippen LogP contribution in [-0.2, 0) is 19.0 Å². The zero-order valence-electron chi connectivity index (χ0n) is 10.4. The minimum atomic E-state index is -0.0809. The molecule has 0 saturated carbocycles. The summed E-state index contributed by atoms with van der Waals surface area (Å²) in [7, 11) is 1.46. The molecule has 2 saturated heterocycles. The first-order valence-electron chi connectivity index (χ1n) is 6.29. The van der Waals surface area contributed by atoms with Crippen LogP contribution < -0.4 is 0 Å². The fraction of sp³-hybridized carbons (Fsp3) is 0.917. The molecule has 0 aromatic rings. The van der Waals surface area contributed by atoms with Crippen molar-refractivity contribution in [1.82, 2.24) is 4.90 Å². The van der Waals surface area contributed by atoms with Crippen molar-refractivity contribution in [3.8, 4) is 0 Å². The lowest BCUT2D eigenvalue weighted by Gasteiger charge is -2.34. The van der Waals surface area contributed by atoms with Gasteiger partial charge in [0.1, 0.15) is 6.79 Å². The Morgan fingerprint density at radius 1 is 1.47 bits per heavy atom. The molecule has 2 atom stereocenters. The van der Waals surface area contributed by atoms with Gasteiger partial charge in [-0.05, 0) is 25.8 Å². The molecule has 17 heavy (non-hydrogen) atoms. The molecule has 0 aliphatic carbocycles. The van der Waals surface area contributed by atoms with Crippen molar-refractivity contribution in [2.45, 2.75) is 25.4 Å². The molecule has 1 unspecified atom stereocenters. The molecule has 2 rings (SSSR count). The van der Waals surface area contributed by atoms with E-state index in [-0.39, 0.29) is 18.0 Å². The molecule has 2 aliphatic rings. The summed E-state index contributed by atoms with van der Waals surface area (Å²) >= 11 is 0. The highest BCUT2D eigenvalue weighted by Gasteiger charge is 2.28. The zero-order chi connectivity index (χ0) is 12.1. The van der Waals surface area contributed by atoms with Crippen molar-refractivity contribution in [3.05, 3.63) is 0 Å². The van der Waals surface area contributed by atoms with Crippen LogP contribution in [0.2, 0.25) is 0 Å². The average Bonchev–Trinajstić information content (AvgIpc) is 2.39. The van der Waals surface area contributed by atoms with Crippen LogP contribution in [0.15, 0.2) is 0 Å². The molecule has 0 bridgehead atoms. The quantitative estimate of drug-likeness (QED) is 0.681. The maximum atomic E-state index is 11.5. The van der Waals surface area contributed by atoms with Crippen molar-refractivity contribution in [3.63, 3.8) is 0 Å². The number of nitrogens with zero attached hydrogens (tertiary/aromatic N) is 1. The van der Waals surface area contributed by atoms with Gasteiger partial charge in [-0.1, -0.05) is 0 Å². The molecule has 0 amide bonds. The van der Waals surface area contributed by atoms with E-state index in [1.165, 1.54) is 7.11 Å². The van der Waals surface area contributed by atoms with Crippen molar-refractivity contribution in [2.75, 3.05) is 40.1 Å². The number of hydrogen-bond donors (Lipinski definition) is 0. The fourth-order valence-electron chi connectivity index (χ4n) is 2.51. The molecular formula is C12H21NO4. The van der Waals surface area contributed by atoms with E-state index in [1.807, 2.05) is 0 Å². The second kappa shape index (κ2) is 6.33. The Labute approximate surface area is 102 Å². The number of piperidine rings is 1. The van der Waals surface area contributed by atoms with E-state index in [2.05, 4.69) is 4.90 Å². The van der Waals surface area contributed by atoms with E-state index in [9.17, 15) is 4.79 Å². The summed E-state index contributed by atoms with van der Waals surface area (Å²) in [5, 5.41) is 0. The molecule has 0 aromatic carbocycles. The van der Waals surface area contributed by atoms with Gasteiger partial charge in [-0.15, -0.1) is 0 Å². The highest BCUT2D eigenvalue weighted by Crippen LogP contribution is 2.19. The topological polar surface area (TPSA) is 48.0 Å². The lowest BCUT2D eigenvalue weighted by molar-refractivity contribution is -0.153. The van der Waals surface area contributed by atoms with Gasteiger partial charge < -0.3 is 14.2 Å². The predicted molar refractivity (Wildman–Crippen MR) is 61.5 cm³/mol. The predicted octanol–water partition coefficient (Wildman–Crippen LogP) is 0.634. The van der Waals surface area contributed by atoms with Crippen LogP contribution in [0.4, 0.5) is 0 Å². The molecular weight excluding hydrogens is 222 g/mol. The van der Waals surface area contributed by atoms with Crippen molar-refractivity contribution >= 4 is 5.97 Å². The summed E-state index contributed by atoms with van der Waals surface area (Å²) in [6.45, 7) is 3.93. The number of carbonyl (C=O) groups is 1. The second-order valence-electron chi connectivity index (χ2n) is 4.73. The van der Waals surface area contributed by atoms with Crippen LogP contribution >= 0.6 is 0 Å². The Bertz CT molecular complexity index is 253. The molecule has 0 N–H and O–H groups in total. The third kappa shape index (κ3) is 3.66. The third-order valence-electron chi connectivity index (χ3n) is 3.47. The zero-order valence-corrected chi connectivity index (χ0v) is 10.4. The minimum absolute atomic E-state index is 0.0357. The van der Waals surface area contributed by atoms with E-state index in [1.54, 1.807) is 0 Å². The Hall–Kier alpha value is -0.650. The summed E-state index contributed by atoms with van der Waals surface area (Å²) in [5.74, 6) is -0.0452. The van der Waals surface area contributed by atoms with Crippen molar-refractivity contribution in [2.24, 2.45) is 5.92 Å². The van der Waals surface area contributed by atoms with Gasteiger partial charge in [0.2, 0.25) is 0 Å². The van der Waals surface area contributed by atoms with Crippen LogP contribution in [0.5, 0.6) is 0 Å². The van der Waals surface area contributed by atoms with Gasteiger partial charge in [-0.25, -0.2) is 0 Å². The standard InChI is InChI=1S/C12H21NO4/c1-15-12(14)10-3-2-5-13(7-10)8-11-4-6-16-9-17-11/h10-11H,2-9H2,1H3/t10-,11?/m0/s1. The van der Waals surface area contributed by atoms with E-state index < -0.39 is 0 Å². The minimum Gasteiger partial charge on any atom is -0.469 e. The highest BCUT2D eigenvalue weighted by molar-refractivity contribution is 5.72. The molecule has 0 aromatic heterocycles. The monoisotopic (exact) mass is 243 g/mol. The first kappa shape index (κ1) is 12.8. The SMILES string of the molecule is COC(=O)[C@H]1CCCN(CC2CCOCO2)C1. The number of esters is 1. The van der Waals surface area contributed by atoms with E-state index >= 15 is 0 Å². The normalized spacial score (nSPS) is 31.1. The maximum absolute atomic E-state index is 11.5. The van der Waals surface area contributed by atoms with Crippen LogP contribution in [0, 0.1) is 5.92 Å². The lowest BCUT2D eigenvalue weighted by Crippen LogP contribution is -2.44. The van der Waals surface area contributed by atoms with Crippen LogP contribution in [0.1, 0.15) is 19.3 Å². The van der Waals surface area contributed by atoms with E-state index in [0.29, 0.717) is 6.79 Å². The Morgan fingerprint density at radius 3 is 3.06 bits per heavy atom. The Kier molecular flexibility index (Phi) is 4.76. The van der Waals surface area contributed by atoms with Crippen LogP contribution in [0.3, 0.4) is 0 Å². The molecule has 2 aliphatic heterocycles. The number of likely N-dealkylation sites (tertiary alicyclic amines) is 1. The van der Waals surface area contributed by atoms with Gasteiger partial charge in [-0.3, -0.25) is 9.69 Å². The average molecular weight is 243 g/mol. The van der Waals surface area contributed by atoms with Gasteiger partial charge in [0, 0.05) is 13.1 Å². The third-order valence-corrected chi connectivity index (χ3v) is 3.47. The second-order valence-corrected chi connectivity index (χ2v) is 4.73. The van der Waals surface area contributed by atoms with Crippen molar-refractivity contribution < 1.29 is 19.0 Å². The van der Waals surface area contributed by atoms with Crippen molar-refractivity contribution in [1.29, 1.82) is 0 Å². The maximum Gasteiger partial charge on any atom is 0.309 e. The number of rotatable bonds is 3. The summed E-state index contributed by atoms with van der Waals surface area (Å²) in [5.41, 5.74) is 0. The molecule has 98 valence electrons. The lowest BCUT2D eigenvalue weighted by atomic mass is 9.98. The molecule has 2 fully saturated rings. The summed E-state index contributed by atoms with van der Waals surface area (Å²) in [6, 6.07) is 0. The van der Waals surface area contributed by atoms with Gasteiger partial charge in [0.25, 0.3) is 0 Å². The largest absolute Gasteiger partial charge is 0.469 e. The highest BCUT2D eigenvalue weighted by atomic mass is 16.7. The van der Waals surface area contributed by atoms with Gasteiger partial charge in [0.05, 0.1) is 25.7 Å². The molecule has 5 nitrogen and oxygen atoms in total. The molecule has 2 heterocycles. The van der Waals surface area contributed by atoms with Gasteiger partial charge >= 0.3 is 5.97 Å². The van der Waals surface area contributed by atoms with E-state index in [0.717, 1.165) is 45.5 Å². The number of carbonyl (C=O) groups excluding carboxylic acids is 1. The molecule has 5 heteroatoms. The first-order valence-corrected chi connectivity index (χ1v) is 6.29. The first-order chi connectivity index (χ1) is 8.29. The van der Waals surface area contributed by atoms with Crippen LogP contribution in [0.25, 0.3) is 0 Å². The van der Waals surface area contributed by atoms with Gasteiger partial charge in [-0.2, -0.15) is 0 Å². The number of hydrogen-bond acceptors (Lipinski definition) is 5. The fourth-order valence-corrected chi connectivity index (χ4v) is 2.51. The van der Waals surface area contributed by atoms with E-state index in [4.69, 9.17) is 14.2 Å². The summed E-state index contributed by atoms with van der Waals surface area (Å²) in [6.07, 6.45) is 3.19. The molecule has 0 spiro atoms. The summed E-state index contributed by atoms with van der Waals surface area (Å²) < 4.78 is 15.5. The Balaban J connectivity index is 1.78. The summed E-state index contributed by atoms with van der Waals surface area (Å²) in [4.78, 5) is 13.8.